The van der Waals surface area contributed by atoms with Crippen LogP contribution in [-0.2, 0) is 16.0 Å². The molecule has 2 fully saturated rings. The lowest BCUT2D eigenvalue weighted by molar-refractivity contribution is -0.131. The van der Waals surface area contributed by atoms with Gasteiger partial charge < -0.3 is 15.2 Å². The molecule has 1 aromatic carbocycles. The van der Waals surface area contributed by atoms with E-state index in [1.807, 2.05) is 23.2 Å². The minimum atomic E-state index is 0.131. The summed E-state index contributed by atoms with van der Waals surface area (Å²) < 4.78 is 0. The van der Waals surface area contributed by atoms with E-state index in [1.165, 1.54) is 10.9 Å². The maximum atomic E-state index is 12.4. The van der Waals surface area contributed by atoms with E-state index >= 15 is 0 Å². The molecule has 2 aromatic rings. The second-order valence-electron chi connectivity index (χ2n) is 6.65. The number of rotatable bonds is 4. The van der Waals surface area contributed by atoms with E-state index in [2.05, 4.69) is 22.4 Å². The molecule has 0 unspecified atom stereocenters. The molecule has 0 bridgehead atoms. The number of nitrogens with one attached hydrogen (secondary N) is 2. The summed E-state index contributed by atoms with van der Waals surface area (Å²) >= 11 is 0. The van der Waals surface area contributed by atoms with Gasteiger partial charge in [-0.3, -0.25) is 9.59 Å². The van der Waals surface area contributed by atoms with Crippen LogP contribution >= 0.6 is 0 Å². The lowest BCUT2D eigenvalue weighted by Gasteiger charge is -2.17. The van der Waals surface area contributed by atoms with Gasteiger partial charge in [-0.15, -0.1) is 0 Å². The van der Waals surface area contributed by atoms with Crippen molar-refractivity contribution in [2.24, 2.45) is 5.92 Å². The van der Waals surface area contributed by atoms with Crippen molar-refractivity contribution in [3.8, 4) is 0 Å². The van der Waals surface area contributed by atoms with Crippen molar-refractivity contribution in [3.63, 3.8) is 0 Å². The van der Waals surface area contributed by atoms with Crippen LogP contribution in [0.1, 0.15) is 24.8 Å². The van der Waals surface area contributed by atoms with Gasteiger partial charge >= 0.3 is 0 Å². The molecule has 0 spiro atoms. The van der Waals surface area contributed by atoms with Gasteiger partial charge in [0.25, 0.3) is 0 Å². The Morgan fingerprint density at radius 3 is 3.00 bits per heavy atom. The molecule has 5 nitrogen and oxygen atoms in total. The molecule has 2 aliphatic rings. The van der Waals surface area contributed by atoms with Crippen molar-refractivity contribution in [2.45, 2.75) is 31.7 Å². The van der Waals surface area contributed by atoms with Gasteiger partial charge in [0.2, 0.25) is 11.8 Å². The third-order valence-corrected chi connectivity index (χ3v) is 5.10. The average Bonchev–Trinajstić information content (AvgIpc) is 3.20. The topological polar surface area (TPSA) is 65.2 Å². The molecule has 0 aliphatic carbocycles. The molecule has 0 saturated carbocycles. The Bertz CT molecular complexity index is 736. The molecular formula is C18H21N3O2. The second-order valence-corrected chi connectivity index (χ2v) is 6.65. The normalized spacial score (nSPS) is 23.3. The summed E-state index contributed by atoms with van der Waals surface area (Å²) in [5, 5.41) is 4.21. The van der Waals surface area contributed by atoms with Gasteiger partial charge in [-0.1, -0.05) is 18.2 Å². The summed E-state index contributed by atoms with van der Waals surface area (Å²) in [6, 6.07) is 8.44. The molecule has 2 atom stereocenters. The van der Waals surface area contributed by atoms with E-state index in [4.69, 9.17) is 0 Å². The fourth-order valence-electron chi connectivity index (χ4n) is 3.88. The number of hydrogen-bond donors (Lipinski definition) is 2. The molecule has 3 heterocycles. The van der Waals surface area contributed by atoms with Crippen LogP contribution in [0.15, 0.2) is 30.5 Å². The SMILES string of the molecule is O=C1C[C@H]2CN(C(=O)CCCc3c[nH]c4ccccc34)C[C@H]2N1. The number of carbonyl (C=O) groups is 2. The predicted octanol–water partition coefficient (Wildman–Crippen LogP) is 1.84. The Balaban J connectivity index is 1.30. The minimum Gasteiger partial charge on any atom is -0.361 e. The maximum absolute atomic E-state index is 12.4. The fraction of sp³-hybridized carbons (Fsp3) is 0.444. The van der Waals surface area contributed by atoms with Gasteiger partial charge in [-0.05, 0) is 24.5 Å². The zero-order valence-corrected chi connectivity index (χ0v) is 13.0. The van der Waals surface area contributed by atoms with E-state index in [9.17, 15) is 9.59 Å². The van der Waals surface area contributed by atoms with Crippen LogP contribution in [0, 0.1) is 5.92 Å². The number of para-hydroxylation sites is 1. The Labute approximate surface area is 135 Å². The average molecular weight is 311 g/mol. The first-order valence-corrected chi connectivity index (χ1v) is 8.33. The fourth-order valence-corrected chi connectivity index (χ4v) is 3.88. The first-order valence-electron chi connectivity index (χ1n) is 8.33. The van der Waals surface area contributed by atoms with Crippen LogP contribution in [0.2, 0.25) is 0 Å². The number of benzene rings is 1. The monoisotopic (exact) mass is 311 g/mol. The smallest absolute Gasteiger partial charge is 0.222 e. The lowest BCUT2D eigenvalue weighted by Crippen LogP contribution is -2.35. The van der Waals surface area contributed by atoms with E-state index in [1.54, 1.807) is 0 Å². The summed E-state index contributed by atoms with van der Waals surface area (Å²) in [5.74, 6) is 0.667. The van der Waals surface area contributed by atoms with Crippen molar-refractivity contribution in [3.05, 3.63) is 36.0 Å². The standard InChI is InChI=1S/C18H21N3O2/c22-17-8-13-10-21(11-16(13)20-17)18(23)7-3-4-12-9-19-15-6-2-1-5-14(12)15/h1-2,5-6,9,13,16,19H,3-4,7-8,10-11H2,(H,20,22)/t13-,16+/m0/s1. The molecule has 23 heavy (non-hydrogen) atoms. The third kappa shape index (κ3) is 2.71. The molecule has 4 rings (SSSR count). The van der Waals surface area contributed by atoms with Crippen LogP contribution in [0.3, 0.4) is 0 Å². The Morgan fingerprint density at radius 1 is 1.26 bits per heavy atom. The predicted molar refractivity (Wildman–Crippen MR) is 87.9 cm³/mol. The summed E-state index contributed by atoms with van der Waals surface area (Å²) in [5.41, 5.74) is 2.43. The zero-order chi connectivity index (χ0) is 15.8. The maximum Gasteiger partial charge on any atom is 0.222 e. The highest BCUT2D eigenvalue weighted by atomic mass is 16.2. The number of amides is 2. The number of aromatic amines is 1. The van der Waals surface area contributed by atoms with Gasteiger partial charge in [0.05, 0.1) is 6.04 Å². The van der Waals surface area contributed by atoms with E-state index in [-0.39, 0.29) is 17.9 Å². The molecule has 1 aromatic heterocycles. The van der Waals surface area contributed by atoms with Gasteiger partial charge in [0.1, 0.15) is 0 Å². The Hall–Kier alpha value is -2.30. The highest BCUT2D eigenvalue weighted by molar-refractivity contribution is 5.83. The second kappa shape index (κ2) is 5.72. The first-order chi connectivity index (χ1) is 11.2. The number of fused-ring (bicyclic) bond motifs is 2. The first kappa shape index (κ1) is 14.3. The molecule has 5 heteroatoms. The molecule has 2 amide bonds. The van der Waals surface area contributed by atoms with Crippen LogP contribution in [0.25, 0.3) is 10.9 Å². The van der Waals surface area contributed by atoms with E-state index < -0.39 is 0 Å². The summed E-state index contributed by atoms with van der Waals surface area (Å²) in [4.78, 5) is 28.9. The molecule has 120 valence electrons. The molecule has 0 radical (unpaired) electrons. The Morgan fingerprint density at radius 2 is 2.13 bits per heavy atom. The van der Waals surface area contributed by atoms with Crippen LogP contribution < -0.4 is 5.32 Å². The summed E-state index contributed by atoms with van der Waals surface area (Å²) in [6.45, 7) is 1.41. The van der Waals surface area contributed by atoms with Gasteiger partial charge in [-0.2, -0.15) is 0 Å². The minimum absolute atomic E-state index is 0.131. The highest BCUT2D eigenvalue weighted by Gasteiger charge is 2.41. The van der Waals surface area contributed by atoms with Gasteiger partial charge in [-0.25, -0.2) is 0 Å². The lowest BCUT2D eigenvalue weighted by atomic mass is 10.1. The van der Waals surface area contributed by atoms with Crippen molar-refractivity contribution in [1.82, 2.24) is 15.2 Å². The van der Waals surface area contributed by atoms with Crippen molar-refractivity contribution >= 4 is 22.7 Å². The number of carbonyl (C=O) groups excluding carboxylic acids is 2. The van der Waals surface area contributed by atoms with Crippen LogP contribution in [-0.4, -0.2) is 40.8 Å². The Kier molecular flexibility index (Phi) is 3.56. The van der Waals surface area contributed by atoms with Gasteiger partial charge in [0, 0.05) is 48.9 Å². The van der Waals surface area contributed by atoms with Crippen LogP contribution in [0.5, 0.6) is 0 Å². The number of hydrogen-bond acceptors (Lipinski definition) is 2. The van der Waals surface area contributed by atoms with E-state index in [0.29, 0.717) is 25.3 Å². The number of H-pyrrole nitrogens is 1. The van der Waals surface area contributed by atoms with Crippen molar-refractivity contribution in [2.75, 3.05) is 13.1 Å². The molecular weight excluding hydrogens is 290 g/mol. The zero-order valence-electron chi connectivity index (χ0n) is 13.0. The number of aromatic nitrogens is 1. The summed E-state index contributed by atoms with van der Waals surface area (Å²) in [6.07, 6.45) is 4.97. The molecule has 2 saturated heterocycles. The van der Waals surface area contributed by atoms with Crippen molar-refractivity contribution in [1.29, 1.82) is 0 Å². The van der Waals surface area contributed by atoms with E-state index in [0.717, 1.165) is 24.9 Å². The molecule has 2 aliphatic heterocycles. The highest BCUT2D eigenvalue weighted by Crippen LogP contribution is 2.26. The van der Waals surface area contributed by atoms with Gasteiger partial charge in [0.15, 0.2) is 0 Å². The molecule has 2 N–H and O–H groups in total. The van der Waals surface area contributed by atoms with Crippen LogP contribution in [0.4, 0.5) is 0 Å². The number of aryl methyl sites for hydroxylation is 1. The quantitative estimate of drug-likeness (QED) is 0.905. The number of nitrogens with zero attached hydrogens (tertiary/aromatic N) is 1. The largest absolute Gasteiger partial charge is 0.361 e. The summed E-state index contributed by atoms with van der Waals surface area (Å²) in [7, 11) is 0. The third-order valence-electron chi connectivity index (χ3n) is 5.10. The van der Waals surface area contributed by atoms with Crippen molar-refractivity contribution < 1.29 is 9.59 Å². The number of likely N-dealkylation sites (tertiary alicyclic amines) is 1.